The number of pyridine rings is 1. The number of hydrogen-bond acceptors (Lipinski definition) is 4. The van der Waals surface area contributed by atoms with Crippen LogP contribution in [-0.2, 0) is 4.79 Å². The second kappa shape index (κ2) is 7.51. The minimum absolute atomic E-state index is 0.142. The molecule has 126 valence electrons. The van der Waals surface area contributed by atoms with Crippen molar-refractivity contribution in [1.29, 1.82) is 0 Å². The Morgan fingerprint density at radius 3 is 2.62 bits per heavy atom. The number of nitrogens with zero attached hydrogens (tertiary/aromatic N) is 1. The van der Waals surface area contributed by atoms with Gasteiger partial charge in [0.2, 0.25) is 0 Å². The average Bonchev–Trinajstić information content (AvgIpc) is 2.55. The Morgan fingerprint density at radius 2 is 2.08 bits per heavy atom. The summed E-state index contributed by atoms with van der Waals surface area (Å²) in [5, 5.41) is 10.6. The normalized spacial score (nSPS) is 14.7. The molecule has 0 aliphatic carbocycles. The Bertz CT molecular complexity index is 779. The number of Topliss-reactive ketones (excluding diaryl/α,β-unsaturated/α-hetero) is 1. The number of ketones is 1. The lowest BCUT2D eigenvalue weighted by Gasteiger charge is -2.18. The number of aromatic nitrogens is 1. The topological polar surface area (TPSA) is 76.2 Å². The summed E-state index contributed by atoms with van der Waals surface area (Å²) in [4.78, 5) is 16.0. The molecule has 7 heteroatoms. The van der Waals surface area contributed by atoms with E-state index in [1.165, 1.54) is 30.6 Å². The Morgan fingerprint density at radius 1 is 1.38 bits per heavy atom. The first kappa shape index (κ1) is 18.0. The summed E-state index contributed by atoms with van der Waals surface area (Å²) in [5.41, 5.74) is 5.20. The number of alkyl halides is 1. The minimum atomic E-state index is -1.92. The summed E-state index contributed by atoms with van der Waals surface area (Å²) >= 11 is 5.69. The second-order valence-corrected chi connectivity index (χ2v) is 5.56. The monoisotopic (exact) mass is 352 g/mol. The van der Waals surface area contributed by atoms with E-state index in [1.807, 2.05) is 0 Å². The molecule has 0 saturated carbocycles. The zero-order chi connectivity index (χ0) is 17.9. The highest BCUT2D eigenvalue weighted by atomic mass is 35.5. The molecule has 1 aromatic carbocycles. The van der Waals surface area contributed by atoms with Crippen LogP contribution >= 0.6 is 11.6 Å². The van der Waals surface area contributed by atoms with Gasteiger partial charge in [0.05, 0.1) is 11.3 Å². The maximum absolute atomic E-state index is 14.1. The van der Waals surface area contributed by atoms with E-state index in [4.69, 9.17) is 17.3 Å². The van der Waals surface area contributed by atoms with Gasteiger partial charge in [-0.05, 0) is 31.2 Å². The lowest BCUT2D eigenvalue weighted by atomic mass is 9.93. The number of benzene rings is 1. The number of halogens is 3. The van der Waals surface area contributed by atoms with Crippen LogP contribution in [0.3, 0.4) is 0 Å². The van der Waals surface area contributed by atoms with Crippen molar-refractivity contribution in [3.8, 4) is 0 Å². The van der Waals surface area contributed by atoms with Crippen LogP contribution < -0.4 is 5.73 Å². The first-order chi connectivity index (χ1) is 11.3. The summed E-state index contributed by atoms with van der Waals surface area (Å²) in [6.45, 7) is 1.02. The molecule has 0 aliphatic heterocycles. The summed E-state index contributed by atoms with van der Waals surface area (Å²) in [6.07, 6.45) is -0.673. The van der Waals surface area contributed by atoms with Crippen LogP contribution in [0.5, 0.6) is 0 Å². The molecule has 2 aromatic rings. The number of hydrogen-bond donors (Lipinski definition) is 2. The van der Waals surface area contributed by atoms with E-state index in [1.54, 1.807) is 6.07 Å². The fourth-order valence-corrected chi connectivity index (χ4v) is 2.35. The van der Waals surface area contributed by atoms with E-state index >= 15 is 0 Å². The predicted octanol–water partition coefficient (Wildman–Crippen LogP) is 3.20. The van der Waals surface area contributed by atoms with E-state index in [2.05, 4.69) is 4.98 Å². The van der Waals surface area contributed by atoms with Crippen LogP contribution in [-0.4, -0.2) is 22.0 Å². The summed E-state index contributed by atoms with van der Waals surface area (Å²) in [5.74, 6) is -1.81. The summed E-state index contributed by atoms with van der Waals surface area (Å²) < 4.78 is 27.7. The molecule has 3 N–H and O–H groups in total. The molecular weight excluding hydrogens is 338 g/mol. The number of aliphatic hydroxyl groups excluding tert-OH is 1. The molecule has 2 rings (SSSR count). The molecule has 0 saturated heterocycles. The SMILES string of the molecule is CC(F)C(=O)C(=C(N)c1ccc(Cl)cc1F)C(O)c1cccnc1. The minimum Gasteiger partial charge on any atom is -0.398 e. The maximum atomic E-state index is 14.1. The third-order valence-electron chi connectivity index (χ3n) is 3.41. The number of nitrogens with two attached hydrogens (primary N) is 1. The summed E-state index contributed by atoms with van der Waals surface area (Å²) in [7, 11) is 0. The van der Waals surface area contributed by atoms with E-state index in [0.29, 0.717) is 0 Å². The molecule has 1 heterocycles. The molecular formula is C17H15ClF2N2O2. The van der Waals surface area contributed by atoms with Gasteiger partial charge in [-0.15, -0.1) is 0 Å². The van der Waals surface area contributed by atoms with Crippen molar-refractivity contribution < 1.29 is 18.7 Å². The van der Waals surface area contributed by atoms with Crippen LogP contribution in [0.15, 0.2) is 48.3 Å². The third-order valence-corrected chi connectivity index (χ3v) is 3.65. The van der Waals surface area contributed by atoms with Gasteiger partial charge in [-0.2, -0.15) is 0 Å². The fraction of sp³-hybridized carbons (Fsp3) is 0.176. The van der Waals surface area contributed by atoms with Crippen LogP contribution in [0, 0.1) is 5.82 Å². The lowest BCUT2D eigenvalue weighted by Crippen LogP contribution is -2.23. The smallest absolute Gasteiger partial charge is 0.197 e. The molecule has 0 spiro atoms. The highest BCUT2D eigenvalue weighted by Gasteiger charge is 2.29. The summed E-state index contributed by atoms with van der Waals surface area (Å²) in [6, 6.07) is 6.70. The van der Waals surface area contributed by atoms with Gasteiger partial charge in [0, 0.05) is 28.5 Å². The number of aliphatic hydroxyl groups is 1. The van der Waals surface area contributed by atoms with Crippen LogP contribution in [0.25, 0.3) is 5.70 Å². The molecule has 4 nitrogen and oxygen atoms in total. The van der Waals surface area contributed by atoms with Gasteiger partial charge in [-0.25, -0.2) is 8.78 Å². The molecule has 0 bridgehead atoms. The molecule has 0 aliphatic rings. The van der Waals surface area contributed by atoms with Crippen molar-refractivity contribution in [1.82, 2.24) is 4.98 Å². The first-order valence-corrected chi connectivity index (χ1v) is 7.42. The van der Waals surface area contributed by atoms with Gasteiger partial charge in [0.25, 0.3) is 0 Å². The zero-order valence-electron chi connectivity index (χ0n) is 12.7. The van der Waals surface area contributed by atoms with Crippen LogP contribution in [0.1, 0.15) is 24.2 Å². The van der Waals surface area contributed by atoms with Gasteiger partial charge < -0.3 is 10.8 Å². The van der Waals surface area contributed by atoms with Gasteiger partial charge in [0.1, 0.15) is 11.9 Å². The molecule has 2 atom stereocenters. The number of rotatable bonds is 5. The molecule has 0 radical (unpaired) electrons. The zero-order valence-corrected chi connectivity index (χ0v) is 13.5. The van der Waals surface area contributed by atoms with E-state index in [0.717, 1.165) is 13.0 Å². The van der Waals surface area contributed by atoms with E-state index in [-0.39, 0.29) is 21.8 Å². The van der Waals surface area contributed by atoms with E-state index in [9.17, 15) is 18.7 Å². The van der Waals surface area contributed by atoms with Gasteiger partial charge in [-0.1, -0.05) is 17.7 Å². The standard InChI is InChI=1S/C17H15ClF2N2O2/c1-9(19)16(23)14(17(24)10-3-2-6-22-8-10)15(21)12-5-4-11(18)7-13(12)20/h2-9,17,24H,21H2,1H3. The van der Waals surface area contributed by atoms with Crippen LogP contribution in [0.4, 0.5) is 8.78 Å². The van der Waals surface area contributed by atoms with Crippen molar-refractivity contribution in [3.63, 3.8) is 0 Å². The first-order valence-electron chi connectivity index (χ1n) is 7.04. The van der Waals surface area contributed by atoms with Gasteiger partial charge in [-0.3, -0.25) is 9.78 Å². The Labute approximate surface area is 142 Å². The largest absolute Gasteiger partial charge is 0.398 e. The van der Waals surface area contributed by atoms with Crippen molar-refractivity contribution in [3.05, 3.63) is 70.3 Å². The highest BCUT2D eigenvalue weighted by molar-refractivity contribution is 6.30. The molecule has 0 amide bonds. The van der Waals surface area contributed by atoms with Crippen molar-refractivity contribution in [2.75, 3.05) is 0 Å². The van der Waals surface area contributed by atoms with Gasteiger partial charge >= 0.3 is 0 Å². The molecule has 24 heavy (non-hydrogen) atoms. The van der Waals surface area contributed by atoms with Crippen molar-refractivity contribution >= 4 is 23.1 Å². The lowest BCUT2D eigenvalue weighted by molar-refractivity contribution is -0.120. The highest BCUT2D eigenvalue weighted by Crippen LogP contribution is 2.30. The number of carbonyl (C=O) groups is 1. The second-order valence-electron chi connectivity index (χ2n) is 5.12. The predicted molar refractivity (Wildman–Crippen MR) is 87.3 cm³/mol. The van der Waals surface area contributed by atoms with Crippen LogP contribution in [0.2, 0.25) is 5.02 Å². The average molecular weight is 353 g/mol. The quantitative estimate of drug-likeness (QED) is 0.810. The Hall–Kier alpha value is -2.31. The number of carbonyl (C=O) groups excluding carboxylic acids is 1. The van der Waals surface area contributed by atoms with Crippen molar-refractivity contribution in [2.24, 2.45) is 5.73 Å². The van der Waals surface area contributed by atoms with E-state index < -0.39 is 29.4 Å². The van der Waals surface area contributed by atoms with Gasteiger partial charge in [0.15, 0.2) is 12.0 Å². The third kappa shape index (κ3) is 3.77. The fourth-order valence-electron chi connectivity index (χ4n) is 2.19. The maximum Gasteiger partial charge on any atom is 0.197 e. The Balaban J connectivity index is 2.62. The molecule has 0 fully saturated rings. The molecule has 2 unspecified atom stereocenters. The molecule has 1 aromatic heterocycles. The van der Waals surface area contributed by atoms with Crippen molar-refractivity contribution in [2.45, 2.75) is 19.2 Å². The Kier molecular flexibility index (Phi) is 5.64.